The minimum absolute atomic E-state index is 0.925. The van der Waals surface area contributed by atoms with E-state index >= 15 is 0 Å². The number of aromatic nitrogens is 1. The molecule has 1 fully saturated rings. The van der Waals surface area contributed by atoms with Crippen LogP contribution in [0.15, 0.2) is 6.07 Å². The van der Waals surface area contributed by atoms with E-state index in [0.29, 0.717) is 0 Å². The number of hydrogen-bond acceptors (Lipinski definition) is 4. The van der Waals surface area contributed by atoms with E-state index in [9.17, 15) is 0 Å². The van der Waals surface area contributed by atoms with Crippen molar-refractivity contribution in [3.8, 4) is 0 Å². The molecule has 1 N–H and O–H groups in total. The predicted octanol–water partition coefficient (Wildman–Crippen LogP) is 2.34. The second-order valence-electron chi connectivity index (χ2n) is 6.20. The number of nitrogens with one attached hydrogen (secondary N) is 1. The lowest BCUT2D eigenvalue weighted by atomic mass is 10.1. The van der Waals surface area contributed by atoms with Gasteiger partial charge in [-0.25, -0.2) is 4.98 Å². The Hall–Kier alpha value is -1.13. The van der Waals surface area contributed by atoms with E-state index in [1.165, 1.54) is 36.3 Å². The van der Waals surface area contributed by atoms with Crippen molar-refractivity contribution in [3.63, 3.8) is 0 Å². The van der Waals surface area contributed by atoms with Gasteiger partial charge in [-0.3, -0.25) is 0 Å². The van der Waals surface area contributed by atoms with Gasteiger partial charge < -0.3 is 15.1 Å². The van der Waals surface area contributed by atoms with Gasteiger partial charge in [0.25, 0.3) is 0 Å². The molecular weight excluding hydrogens is 260 g/mol. The van der Waals surface area contributed by atoms with Gasteiger partial charge in [-0.05, 0) is 58.5 Å². The summed E-state index contributed by atoms with van der Waals surface area (Å²) in [5.74, 6) is 1.20. The second-order valence-corrected chi connectivity index (χ2v) is 6.20. The third-order valence-corrected chi connectivity index (χ3v) is 4.20. The molecule has 0 amide bonds. The Morgan fingerprint density at radius 1 is 1.19 bits per heavy atom. The highest BCUT2D eigenvalue weighted by atomic mass is 15.2. The molecule has 0 atom stereocenters. The Morgan fingerprint density at radius 2 is 2.00 bits per heavy atom. The van der Waals surface area contributed by atoms with Crippen LogP contribution in [0.3, 0.4) is 0 Å². The van der Waals surface area contributed by atoms with E-state index in [1.807, 2.05) is 0 Å². The van der Waals surface area contributed by atoms with Crippen molar-refractivity contribution in [2.24, 2.45) is 0 Å². The molecule has 0 aliphatic carbocycles. The molecule has 2 rings (SSSR count). The monoisotopic (exact) mass is 290 g/mol. The van der Waals surface area contributed by atoms with E-state index in [2.05, 4.69) is 49.0 Å². The standard InChI is InChI=1S/C17H30N4/c1-5-7-18-13-16-14(2)12-15(3)19-17(16)21-9-6-8-20(4)10-11-21/h12,18H,5-11,13H2,1-4H3. The lowest BCUT2D eigenvalue weighted by molar-refractivity contribution is 0.360. The van der Waals surface area contributed by atoms with Crippen LogP contribution in [0.4, 0.5) is 5.82 Å². The lowest BCUT2D eigenvalue weighted by Gasteiger charge is -2.26. The van der Waals surface area contributed by atoms with Crippen molar-refractivity contribution >= 4 is 5.82 Å². The number of nitrogens with zero attached hydrogens (tertiary/aromatic N) is 3. The fourth-order valence-corrected chi connectivity index (χ4v) is 2.97. The molecular formula is C17H30N4. The molecule has 1 aliphatic rings. The first-order valence-electron chi connectivity index (χ1n) is 8.23. The van der Waals surface area contributed by atoms with Crippen LogP contribution < -0.4 is 10.2 Å². The minimum Gasteiger partial charge on any atom is -0.355 e. The summed E-state index contributed by atoms with van der Waals surface area (Å²) in [6.45, 7) is 13.0. The molecule has 4 nitrogen and oxygen atoms in total. The number of hydrogen-bond donors (Lipinski definition) is 1. The van der Waals surface area contributed by atoms with Crippen molar-refractivity contribution in [1.29, 1.82) is 0 Å². The van der Waals surface area contributed by atoms with Gasteiger partial charge in [0.2, 0.25) is 0 Å². The van der Waals surface area contributed by atoms with E-state index < -0.39 is 0 Å². The zero-order valence-electron chi connectivity index (χ0n) is 14.1. The fraction of sp³-hybridized carbons (Fsp3) is 0.706. The molecule has 0 radical (unpaired) electrons. The van der Waals surface area contributed by atoms with E-state index in [1.54, 1.807) is 0 Å². The third-order valence-electron chi connectivity index (χ3n) is 4.20. The average Bonchev–Trinajstić information content (AvgIpc) is 2.65. The molecule has 1 aromatic heterocycles. The summed E-state index contributed by atoms with van der Waals surface area (Å²) in [7, 11) is 2.21. The summed E-state index contributed by atoms with van der Waals surface area (Å²) >= 11 is 0. The number of pyridine rings is 1. The molecule has 0 bridgehead atoms. The van der Waals surface area contributed by atoms with Crippen LogP contribution in [0.25, 0.3) is 0 Å². The maximum atomic E-state index is 4.87. The molecule has 118 valence electrons. The van der Waals surface area contributed by atoms with Crippen molar-refractivity contribution in [2.45, 2.75) is 40.2 Å². The van der Waals surface area contributed by atoms with Crippen LogP contribution in [0.2, 0.25) is 0 Å². The lowest BCUT2D eigenvalue weighted by Crippen LogP contribution is -2.31. The first-order chi connectivity index (χ1) is 10.1. The number of anilines is 1. The zero-order valence-corrected chi connectivity index (χ0v) is 14.1. The summed E-state index contributed by atoms with van der Waals surface area (Å²) in [6, 6.07) is 2.20. The molecule has 0 spiro atoms. The van der Waals surface area contributed by atoms with Gasteiger partial charge in [-0.2, -0.15) is 0 Å². The Kier molecular flexibility index (Phi) is 6.00. The smallest absolute Gasteiger partial charge is 0.133 e. The average molecular weight is 290 g/mol. The maximum absolute atomic E-state index is 4.87. The Balaban J connectivity index is 2.22. The fourth-order valence-electron chi connectivity index (χ4n) is 2.97. The summed E-state index contributed by atoms with van der Waals surface area (Å²) in [4.78, 5) is 9.76. The van der Waals surface area contributed by atoms with Crippen molar-refractivity contribution in [2.75, 3.05) is 44.7 Å². The van der Waals surface area contributed by atoms with Gasteiger partial charge in [-0.1, -0.05) is 6.92 Å². The Bertz CT molecular complexity index is 458. The molecule has 0 saturated carbocycles. The zero-order chi connectivity index (χ0) is 15.2. The number of likely N-dealkylation sites (N-methyl/N-ethyl adjacent to an activating group) is 1. The van der Waals surface area contributed by atoms with Gasteiger partial charge >= 0.3 is 0 Å². The molecule has 0 aromatic carbocycles. The Labute approximate surface area is 129 Å². The van der Waals surface area contributed by atoms with Gasteiger partial charge in [0, 0.05) is 37.4 Å². The van der Waals surface area contributed by atoms with E-state index in [-0.39, 0.29) is 0 Å². The van der Waals surface area contributed by atoms with Gasteiger partial charge in [0.15, 0.2) is 0 Å². The molecule has 21 heavy (non-hydrogen) atoms. The van der Waals surface area contributed by atoms with Crippen molar-refractivity contribution in [3.05, 3.63) is 22.9 Å². The van der Waals surface area contributed by atoms with Crippen LogP contribution in [0.1, 0.15) is 36.6 Å². The highest BCUT2D eigenvalue weighted by molar-refractivity contribution is 5.51. The Morgan fingerprint density at radius 3 is 2.76 bits per heavy atom. The first kappa shape index (κ1) is 16.2. The molecule has 1 aromatic rings. The van der Waals surface area contributed by atoms with Crippen LogP contribution in [-0.2, 0) is 6.54 Å². The maximum Gasteiger partial charge on any atom is 0.133 e. The summed E-state index contributed by atoms with van der Waals surface area (Å²) in [5.41, 5.74) is 3.86. The highest BCUT2D eigenvalue weighted by Gasteiger charge is 2.18. The largest absolute Gasteiger partial charge is 0.355 e. The first-order valence-corrected chi connectivity index (χ1v) is 8.23. The van der Waals surface area contributed by atoms with Crippen LogP contribution in [0.5, 0.6) is 0 Å². The quantitative estimate of drug-likeness (QED) is 0.844. The van der Waals surface area contributed by atoms with Crippen LogP contribution in [0, 0.1) is 13.8 Å². The van der Waals surface area contributed by atoms with Gasteiger partial charge in [0.05, 0.1) is 0 Å². The summed E-state index contributed by atoms with van der Waals surface area (Å²) < 4.78 is 0. The van der Waals surface area contributed by atoms with Crippen LogP contribution in [-0.4, -0.2) is 49.7 Å². The highest BCUT2D eigenvalue weighted by Crippen LogP contribution is 2.23. The number of rotatable bonds is 5. The van der Waals surface area contributed by atoms with Crippen molar-refractivity contribution < 1.29 is 0 Å². The molecule has 4 heteroatoms. The van der Waals surface area contributed by atoms with Gasteiger partial charge in [-0.15, -0.1) is 0 Å². The van der Waals surface area contributed by atoms with E-state index in [4.69, 9.17) is 4.98 Å². The van der Waals surface area contributed by atoms with Crippen LogP contribution >= 0.6 is 0 Å². The normalized spacial score (nSPS) is 17.0. The molecule has 2 heterocycles. The van der Waals surface area contributed by atoms with Crippen molar-refractivity contribution in [1.82, 2.24) is 15.2 Å². The summed E-state index contributed by atoms with van der Waals surface area (Å²) in [6.07, 6.45) is 2.38. The molecule has 1 saturated heterocycles. The van der Waals surface area contributed by atoms with Gasteiger partial charge in [0.1, 0.15) is 5.82 Å². The summed E-state index contributed by atoms with van der Waals surface area (Å²) in [5, 5.41) is 3.54. The number of aryl methyl sites for hydroxylation is 2. The second kappa shape index (κ2) is 7.76. The van der Waals surface area contributed by atoms with E-state index in [0.717, 1.165) is 38.4 Å². The minimum atomic E-state index is 0.925. The molecule has 1 aliphatic heterocycles. The SMILES string of the molecule is CCCNCc1c(C)cc(C)nc1N1CCCN(C)CC1. The predicted molar refractivity (Wildman–Crippen MR) is 90.0 cm³/mol. The topological polar surface area (TPSA) is 31.4 Å². The third kappa shape index (κ3) is 4.42. The molecule has 0 unspecified atom stereocenters.